The van der Waals surface area contributed by atoms with E-state index in [4.69, 9.17) is 4.74 Å². The number of hydrogen-bond donors (Lipinski definition) is 0. The van der Waals surface area contributed by atoms with Crippen LogP contribution in [-0.2, 0) is 14.8 Å². The van der Waals surface area contributed by atoms with Crippen molar-refractivity contribution < 1.29 is 22.7 Å². The van der Waals surface area contributed by atoms with Gasteiger partial charge in [0.25, 0.3) is 15.9 Å². The Balaban J connectivity index is 1.39. The number of likely N-dealkylation sites (N-methyl/N-ethyl adjacent to an activating group) is 1. The van der Waals surface area contributed by atoms with Crippen LogP contribution in [-0.4, -0.2) is 71.0 Å². The number of aryl methyl sites for hydroxylation is 1. The summed E-state index contributed by atoms with van der Waals surface area (Å²) in [5.41, 5.74) is 2.61. The van der Waals surface area contributed by atoms with Crippen molar-refractivity contribution >= 4 is 49.0 Å². The third-order valence-electron chi connectivity index (χ3n) is 7.28. The molecule has 3 heterocycles. The van der Waals surface area contributed by atoms with Gasteiger partial charge in [0, 0.05) is 53.5 Å². The molecule has 0 N–H and O–H groups in total. The fraction of sp³-hybridized carbons (Fsp3) is 0.323. The molecule has 0 unspecified atom stereocenters. The largest absolute Gasteiger partial charge is 0.444 e. The van der Waals surface area contributed by atoms with E-state index in [2.05, 4.69) is 20.9 Å². The van der Waals surface area contributed by atoms with Crippen LogP contribution in [0.4, 0.5) is 4.79 Å². The Hall–Kier alpha value is -3.70. The number of halogens is 1. The summed E-state index contributed by atoms with van der Waals surface area (Å²) in [5, 5.41) is 0.659. The second-order valence-corrected chi connectivity index (χ2v) is 14.3. The maximum absolute atomic E-state index is 13.6. The predicted molar refractivity (Wildman–Crippen MR) is 165 cm³/mol. The molecular formula is C31H33BrN4O5S. The fourth-order valence-corrected chi connectivity index (χ4v) is 6.65. The lowest BCUT2D eigenvalue weighted by Crippen LogP contribution is -2.42. The van der Waals surface area contributed by atoms with E-state index in [1.54, 1.807) is 65.6 Å². The van der Waals surface area contributed by atoms with Crippen molar-refractivity contribution in [3.05, 3.63) is 82.6 Å². The average molecular weight is 654 g/mol. The maximum atomic E-state index is 13.6. The first kappa shape index (κ1) is 29.8. The first-order valence-electron chi connectivity index (χ1n) is 13.6. The maximum Gasteiger partial charge on any atom is 0.410 e. The number of fused-ring (bicyclic) bond motifs is 1. The van der Waals surface area contributed by atoms with Crippen molar-refractivity contribution in [2.45, 2.75) is 50.7 Å². The molecule has 2 aromatic heterocycles. The molecular weight excluding hydrogens is 620 g/mol. The molecule has 1 atom stereocenters. The molecule has 9 nitrogen and oxygen atoms in total. The average Bonchev–Trinajstić information content (AvgIpc) is 3.57. The minimum Gasteiger partial charge on any atom is -0.444 e. The van der Waals surface area contributed by atoms with Gasteiger partial charge in [-0.3, -0.25) is 4.79 Å². The van der Waals surface area contributed by atoms with Crippen LogP contribution in [0, 0.1) is 6.92 Å². The van der Waals surface area contributed by atoms with Gasteiger partial charge in [-0.1, -0.05) is 29.8 Å². The molecule has 0 bridgehead atoms. The molecule has 0 aliphatic carbocycles. The van der Waals surface area contributed by atoms with Gasteiger partial charge in [-0.25, -0.2) is 22.2 Å². The molecule has 220 valence electrons. The first-order valence-corrected chi connectivity index (χ1v) is 15.8. The zero-order valence-electron chi connectivity index (χ0n) is 24.2. The zero-order valence-corrected chi connectivity index (χ0v) is 26.6. The SMILES string of the molecule is Cc1ccc(S(=O)(=O)n2cc(-c3ccc(C(=O)N4CC[C@H](N(C)C(=O)OC(C)(C)C)C4)cc3)c3cc(Br)cnc32)cc1. The summed E-state index contributed by atoms with van der Waals surface area (Å²) >= 11 is 3.45. The normalized spacial score (nSPS) is 15.7. The van der Waals surface area contributed by atoms with E-state index < -0.39 is 21.7 Å². The molecule has 42 heavy (non-hydrogen) atoms. The molecule has 1 fully saturated rings. The molecule has 0 saturated carbocycles. The number of benzene rings is 2. The lowest BCUT2D eigenvalue weighted by molar-refractivity contribution is 0.0226. The minimum atomic E-state index is -3.90. The number of carbonyl (C=O) groups is 2. The van der Waals surface area contributed by atoms with Gasteiger partial charge < -0.3 is 14.5 Å². The zero-order chi connectivity index (χ0) is 30.4. The van der Waals surface area contributed by atoms with Crippen LogP contribution in [0.1, 0.15) is 43.1 Å². The molecule has 1 saturated heterocycles. The summed E-state index contributed by atoms with van der Waals surface area (Å²) in [5.74, 6) is -0.129. The standard InChI is InChI=1S/C31H33BrN4O5S/c1-20-6-12-25(13-7-20)42(39,40)36-19-27(26-16-23(32)17-33-28(26)36)21-8-10-22(11-9-21)29(37)35-15-14-24(18-35)34(5)30(38)41-31(2,3)4/h6-13,16-17,19,24H,14-15,18H2,1-5H3/t24-/m0/s1. The Labute approximate surface area is 254 Å². The quantitative estimate of drug-likeness (QED) is 0.258. The molecule has 2 amide bonds. The van der Waals surface area contributed by atoms with Crippen molar-refractivity contribution in [1.82, 2.24) is 18.8 Å². The van der Waals surface area contributed by atoms with Gasteiger partial charge in [0.15, 0.2) is 5.65 Å². The summed E-state index contributed by atoms with van der Waals surface area (Å²) in [4.78, 5) is 33.7. The molecule has 1 aliphatic rings. The third-order valence-corrected chi connectivity index (χ3v) is 9.38. The Bertz CT molecular complexity index is 1760. The second kappa shape index (κ2) is 11.2. The van der Waals surface area contributed by atoms with E-state index in [1.165, 1.54) is 3.97 Å². The molecule has 5 rings (SSSR count). The minimum absolute atomic E-state index is 0.129. The topological polar surface area (TPSA) is 102 Å². The van der Waals surface area contributed by atoms with E-state index in [0.717, 1.165) is 11.1 Å². The molecule has 11 heteroatoms. The van der Waals surface area contributed by atoms with Crippen molar-refractivity contribution in [2.75, 3.05) is 20.1 Å². The van der Waals surface area contributed by atoms with Gasteiger partial charge in [0.1, 0.15) is 5.60 Å². The monoisotopic (exact) mass is 652 g/mol. The van der Waals surface area contributed by atoms with E-state index in [0.29, 0.717) is 46.1 Å². The van der Waals surface area contributed by atoms with E-state index in [9.17, 15) is 18.0 Å². The second-order valence-electron chi connectivity index (χ2n) is 11.5. The summed E-state index contributed by atoms with van der Waals surface area (Å²) in [6.45, 7) is 8.31. The van der Waals surface area contributed by atoms with Gasteiger partial charge in [0.2, 0.25) is 0 Å². The number of amides is 2. The van der Waals surface area contributed by atoms with Crippen LogP contribution >= 0.6 is 15.9 Å². The summed E-state index contributed by atoms with van der Waals surface area (Å²) in [6, 6.07) is 15.5. The van der Waals surface area contributed by atoms with E-state index in [-0.39, 0.29) is 16.8 Å². The Kier molecular flexibility index (Phi) is 7.93. The number of likely N-dealkylation sites (tertiary alicyclic amines) is 1. The lowest BCUT2D eigenvalue weighted by atomic mass is 10.0. The molecule has 1 aliphatic heterocycles. The van der Waals surface area contributed by atoms with Crippen molar-refractivity contribution in [3.8, 4) is 11.1 Å². The predicted octanol–water partition coefficient (Wildman–Crippen LogP) is 6.09. The molecule has 4 aromatic rings. The number of hydrogen-bond acceptors (Lipinski definition) is 6. The number of aromatic nitrogens is 2. The van der Waals surface area contributed by atoms with E-state index >= 15 is 0 Å². The summed E-state index contributed by atoms with van der Waals surface area (Å²) in [6.07, 6.45) is 3.40. The molecule has 0 spiro atoms. The number of pyridine rings is 1. The van der Waals surface area contributed by atoms with Gasteiger partial charge in [-0.15, -0.1) is 0 Å². The van der Waals surface area contributed by atoms with Gasteiger partial charge in [-0.2, -0.15) is 0 Å². The smallest absolute Gasteiger partial charge is 0.410 e. The lowest BCUT2D eigenvalue weighted by Gasteiger charge is -2.28. The highest BCUT2D eigenvalue weighted by Gasteiger charge is 2.33. The van der Waals surface area contributed by atoms with Crippen LogP contribution in [0.15, 0.2) is 76.4 Å². The van der Waals surface area contributed by atoms with Gasteiger partial charge >= 0.3 is 6.09 Å². The summed E-state index contributed by atoms with van der Waals surface area (Å²) in [7, 11) is -2.20. The van der Waals surface area contributed by atoms with Crippen LogP contribution in [0.2, 0.25) is 0 Å². The summed E-state index contributed by atoms with van der Waals surface area (Å²) < 4.78 is 34.6. The van der Waals surface area contributed by atoms with Gasteiger partial charge in [-0.05, 0) is 85.9 Å². The van der Waals surface area contributed by atoms with Crippen molar-refractivity contribution in [1.29, 1.82) is 0 Å². The van der Waals surface area contributed by atoms with Crippen LogP contribution in [0.5, 0.6) is 0 Å². The van der Waals surface area contributed by atoms with E-state index in [1.807, 2.05) is 45.9 Å². The highest BCUT2D eigenvalue weighted by Crippen LogP contribution is 2.34. The number of carbonyl (C=O) groups excluding carboxylic acids is 2. The first-order chi connectivity index (χ1) is 19.7. The number of nitrogens with zero attached hydrogens (tertiary/aromatic N) is 4. The Morgan fingerprint density at radius 1 is 1.07 bits per heavy atom. The van der Waals surface area contributed by atoms with Crippen LogP contribution < -0.4 is 0 Å². The molecule has 2 aromatic carbocycles. The van der Waals surface area contributed by atoms with Crippen LogP contribution in [0.3, 0.4) is 0 Å². The Morgan fingerprint density at radius 2 is 1.74 bits per heavy atom. The Morgan fingerprint density at radius 3 is 2.38 bits per heavy atom. The van der Waals surface area contributed by atoms with Crippen molar-refractivity contribution in [2.24, 2.45) is 0 Å². The van der Waals surface area contributed by atoms with Crippen molar-refractivity contribution in [3.63, 3.8) is 0 Å². The van der Waals surface area contributed by atoms with Gasteiger partial charge in [0.05, 0.1) is 10.9 Å². The van der Waals surface area contributed by atoms with Crippen LogP contribution in [0.25, 0.3) is 22.2 Å². The third kappa shape index (κ3) is 5.94. The fourth-order valence-electron chi connectivity index (χ4n) is 4.99. The highest BCUT2D eigenvalue weighted by atomic mass is 79.9. The number of ether oxygens (including phenoxy) is 1. The highest BCUT2D eigenvalue weighted by molar-refractivity contribution is 9.10. The number of rotatable bonds is 5. The molecule has 0 radical (unpaired) electrons.